The first kappa shape index (κ1) is 39.3. The molecule has 8 heteroatoms. The molecule has 0 radical (unpaired) electrons. The van der Waals surface area contributed by atoms with E-state index in [0.29, 0.717) is 19.4 Å². The van der Waals surface area contributed by atoms with Crippen LogP contribution in [0, 0.1) is 11.3 Å². The van der Waals surface area contributed by atoms with Crippen LogP contribution in [0.2, 0.25) is 0 Å². The largest absolute Gasteiger partial charge is 0.379 e. The number of nitrogens with one attached hydrogen (secondary N) is 3. The highest BCUT2D eigenvalue weighted by Crippen LogP contribution is 2.42. The fourth-order valence-corrected chi connectivity index (χ4v) is 4.86. The van der Waals surface area contributed by atoms with Crippen LogP contribution in [0.1, 0.15) is 106 Å². The molecule has 1 unspecified atom stereocenters. The van der Waals surface area contributed by atoms with Gasteiger partial charge in [-0.1, -0.05) is 80.9 Å². The van der Waals surface area contributed by atoms with Crippen LogP contribution in [0.3, 0.4) is 0 Å². The zero-order chi connectivity index (χ0) is 32.1. The SMILES string of the molecule is C1COCCN1.CC.CC/C=C1/NC(=O)C(C(C)(C)Cc2cc(CC)c[nH]2)/C1=C/CCN(C(C)=O)C(=O)CC.CCC. The number of carbonyl (C=O) groups excluding carboxylic acids is 3. The second kappa shape index (κ2) is 21.9. The van der Waals surface area contributed by atoms with Gasteiger partial charge in [-0.25, -0.2) is 0 Å². The lowest BCUT2D eigenvalue weighted by Crippen LogP contribution is -2.35. The number of allylic oxidation sites excluding steroid dienone is 2. The van der Waals surface area contributed by atoms with Gasteiger partial charge in [-0.3, -0.25) is 19.3 Å². The van der Waals surface area contributed by atoms with Crippen molar-refractivity contribution >= 4 is 17.7 Å². The van der Waals surface area contributed by atoms with E-state index >= 15 is 0 Å². The third kappa shape index (κ3) is 13.5. The van der Waals surface area contributed by atoms with Crippen LogP contribution in [0.25, 0.3) is 0 Å². The molecule has 1 aromatic rings. The number of nitrogens with zero attached hydrogens (tertiary/aromatic N) is 1. The summed E-state index contributed by atoms with van der Waals surface area (Å²) in [6.45, 7) is 24.0. The summed E-state index contributed by atoms with van der Waals surface area (Å²) in [6.07, 6.45) is 10.7. The Morgan fingerprint density at radius 1 is 1.07 bits per heavy atom. The number of hydrogen-bond acceptors (Lipinski definition) is 5. The van der Waals surface area contributed by atoms with E-state index in [0.717, 1.165) is 62.5 Å². The molecule has 1 aromatic heterocycles. The maximum atomic E-state index is 13.0. The molecule has 2 aliphatic heterocycles. The summed E-state index contributed by atoms with van der Waals surface area (Å²) in [6, 6.07) is 2.17. The van der Waals surface area contributed by atoms with E-state index in [4.69, 9.17) is 4.74 Å². The predicted molar refractivity (Wildman–Crippen MR) is 174 cm³/mol. The molecule has 0 spiro atoms. The number of imide groups is 1. The zero-order valence-electron chi connectivity index (χ0n) is 28.2. The van der Waals surface area contributed by atoms with E-state index in [1.807, 2.05) is 39.1 Å². The third-order valence-electron chi connectivity index (χ3n) is 6.74. The van der Waals surface area contributed by atoms with E-state index in [1.54, 1.807) is 6.92 Å². The Kier molecular flexibility index (Phi) is 20.5. The van der Waals surface area contributed by atoms with Gasteiger partial charge in [0.05, 0.1) is 19.1 Å². The molecular formula is C34H60N4O4. The van der Waals surface area contributed by atoms with Crippen molar-refractivity contribution in [2.24, 2.45) is 11.3 Å². The third-order valence-corrected chi connectivity index (χ3v) is 6.74. The van der Waals surface area contributed by atoms with Crippen molar-refractivity contribution in [1.82, 2.24) is 20.5 Å². The summed E-state index contributed by atoms with van der Waals surface area (Å²) >= 11 is 0. The monoisotopic (exact) mass is 588 g/mol. The minimum atomic E-state index is -0.311. The van der Waals surface area contributed by atoms with Gasteiger partial charge in [0.25, 0.3) is 0 Å². The second-order valence-corrected chi connectivity index (χ2v) is 10.9. The number of carbonyl (C=O) groups is 3. The first-order chi connectivity index (χ1) is 20.1. The number of hydrogen-bond donors (Lipinski definition) is 3. The number of H-pyrrole nitrogens is 1. The van der Waals surface area contributed by atoms with Crippen LogP contribution in [-0.2, 0) is 32.0 Å². The van der Waals surface area contributed by atoms with Crippen LogP contribution in [-0.4, -0.2) is 60.5 Å². The molecule has 2 saturated heterocycles. The lowest BCUT2D eigenvalue weighted by atomic mass is 9.72. The van der Waals surface area contributed by atoms with Gasteiger partial charge in [-0.05, 0) is 48.3 Å². The molecule has 42 heavy (non-hydrogen) atoms. The highest BCUT2D eigenvalue weighted by Gasteiger charge is 2.43. The van der Waals surface area contributed by atoms with Gasteiger partial charge in [0.2, 0.25) is 17.7 Å². The summed E-state index contributed by atoms with van der Waals surface area (Å²) in [5.74, 6) is -0.714. The van der Waals surface area contributed by atoms with E-state index in [9.17, 15) is 14.4 Å². The summed E-state index contributed by atoms with van der Waals surface area (Å²) in [4.78, 5) is 41.5. The molecule has 3 amide bonds. The first-order valence-electron chi connectivity index (χ1n) is 16.0. The summed E-state index contributed by atoms with van der Waals surface area (Å²) < 4.78 is 5.01. The number of aromatic amines is 1. The Bertz CT molecular complexity index is 978. The van der Waals surface area contributed by atoms with Gasteiger partial charge >= 0.3 is 0 Å². The predicted octanol–water partition coefficient (Wildman–Crippen LogP) is 6.34. The Hall–Kier alpha value is -2.71. The molecule has 0 bridgehead atoms. The molecule has 240 valence electrons. The molecular weight excluding hydrogens is 528 g/mol. The van der Waals surface area contributed by atoms with E-state index in [2.05, 4.69) is 56.3 Å². The maximum Gasteiger partial charge on any atom is 0.232 e. The van der Waals surface area contributed by atoms with Crippen LogP contribution >= 0.6 is 0 Å². The minimum Gasteiger partial charge on any atom is -0.379 e. The highest BCUT2D eigenvalue weighted by atomic mass is 16.5. The Morgan fingerprint density at radius 3 is 2.12 bits per heavy atom. The molecule has 3 rings (SSSR count). The Morgan fingerprint density at radius 2 is 1.69 bits per heavy atom. The number of aryl methyl sites for hydroxylation is 1. The van der Waals surface area contributed by atoms with Crippen molar-refractivity contribution in [2.45, 2.75) is 108 Å². The highest BCUT2D eigenvalue weighted by molar-refractivity contribution is 5.94. The lowest BCUT2D eigenvalue weighted by Gasteiger charge is -2.30. The summed E-state index contributed by atoms with van der Waals surface area (Å²) in [5, 5.41) is 6.21. The smallest absolute Gasteiger partial charge is 0.232 e. The van der Waals surface area contributed by atoms with Crippen LogP contribution in [0.5, 0.6) is 0 Å². The maximum absolute atomic E-state index is 13.0. The van der Waals surface area contributed by atoms with Crippen molar-refractivity contribution < 1.29 is 19.1 Å². The molecule has 0 saturated carbocycles. The van der Waals surface area contributed by atoms with Crippen molar-refractivity contribution in [2.75, 3.05) is 32.8 Å². The average Bonchev–Trinajstić information content (AvgIpc) is 3.56. The topological polar surface area (TPSA) is 104 Å². The molecule has 2 fully saturated rings. The minimum absolute atomic E-state index is 0.00581. The first-order valence-corrected chi connectivity index (χ1v) is 16.0. The Labute approximate surface area is 256 Å². The van der Waals surface area contributed by atoms with Crippen molar-refractivity contribution in [3.63, 3.8) is 0 Å². The zero-order valence-corrected chi connectivity index (χ0v) is 28.2. The fourth-order valence-electron chi connectivity index (χ4n) is 4.86. The summed E-state index contributed by atoms with van der Waals surface area (Å²) in [5.41, 5.74) is 3.88. The van der Waals surface area contributed by atoms with Crippen LogP contribution in [0.15, 0.2) is 35.7 Å². The molecule has 2 aliphatic rings. The molecule has 1 atom stereocenters. The van der Waals surface area contributed by atoms with E-state index in [1.165, 1.54) is 23.8 Å². The summed E-state index contributed by atoms with van der Waals surface area (Å²) in [7, 11) is 0. The van der Waals surface area contributed by atoms with Crippen molar-refractivity contribution in [1.29, 1.82) is 0 Å². The number of amides is 3. The van der Waals surface area contributed by atoms with Crippen molar-refractivity contribution in [3.05, 3.63) is 46.9 Å². The van der Waals surface area contributed by atoms with Gasteiger partial charge in [-0.15, -0.1) is 0 Å². The lowest BCUT2D eigenvalue weighted by molar-refractivity contribution is -0.143. The number of aromatic nitrogens is 1. The number of ether oxygens (including phenoxy) is 1. The van der Waals surface area contributed by atoms with Gasteiger partial charge in [-0.2, -0.15) is 0 Å². The molecule has 3 N–H and O–H groups in total. The Balaban J connectivity index is 0.00000129. The molecule has 8 nitrogen and oxygen atoms in total. The average molecular weight is 589 g/mol. The van der Waals surface area contributed by atoms with E-state index in [-0.39, 0.29) is 29.1 Å². The van der Waals surface area contributed by atoms with E-state index < -0.39 is 0 Å². The van der Waals surface area contributed by atoms with Gasteiger partial charge in [0, 0.05) is 50.6 Å². The van der Waals surface area contributed by atoms with Gasteiger partial charge in [0.1, 0.15) is 0 Å². The quantitative estimate of drug-likeness (QED) is 0.313. The second-order valence-electron chi connectivity index (χ2n) is 10.9. The number of morpholine rings is 1. The standard InChI is InChI=1S/C25H37N3O3.C4H9NO.C3H8.C2H6/c1-7-11-21-20(12-10-13-28(17(4)29)22(30)9-3)23(24(31)27-21)25(5,6)15-19-14-18(8-2)16-26-19;1-3-6-4-2-5-1;1-3-2;1-2/h11-12,14,16,23,26H,7-10,13,15H2,1-6H3,(H,27,31);5H,1-4H2;3H2,1-2H3;1-2H3/b20-12+,21-11+;;;. The molecule has 0 aliphatic carbocycles. The normalized spacial score (nSPS) is 18.1. The molecule has 3 heterocycles. The van der Waals surface area contributed by atoms with Crippen LogP contribution < -0.4 is 10.6 Å². The molecule has 0 aromatic carbocycles. The fraction of sp³-hybridized carbons (Fsp3) is 0.676. The van der Waals surface area contributed by atoms with Gasteiger partial charge < -0.3 is 20.4 Å². The van der Waals surface area contributed by atoms with Gasteiger partial charge in [0.15, 0.2) is 0 Å². The van der Waals surface area contributed by atoms with Crippen LogP contribution in [0.4, 0.5) is 0 Å². The van der Waals surface area contributed by atoms with Crippen molar-refractivity contribution in [3.8, 4) is 0 Å². The number of rotatable bonds is 9.